The maximum atomic E-state index is 13.4. The molecular formula is C27H32N2O2S. The van der Waals surface area contributed by atoms with Crippen LogP contribution >= 0.6 is 11.8 Å². The van der Waals surface area contributed by atoms with Crippen LogP contribution in [0.3, 0.4) is 0 Å². The van der Waals surface area contributed by atoms with Gasteiger partial charge in [0, 0.05) is 10.9 Å². The van der Waals surface area contributed by atoms with Crippen LogP contribution in [0.4, 0.5) is 5.69 Å². The zero-order valence-electron chi connectivity index (χ0n) is 19.1. The molecule has 1 aliphatic heterocycles. The number of carbonyl (C=O) groups excluding carboxylic acids is 2. The Morgan fingerprint density at radius 3 is 2.62 bits per heavy atom. The van der Waals surface area contributed by atoms with Crippen molar-refractivity contribution in [3.05, 3.63) is 64.6 Å². The van der Waals surface area contributed by atoms with Crippen molar-refractivity contribution in [1.29, 1.82) is 0 Å². The van der Waals surface area contributed by atoms with Gasteiger partial charge in [-0.2, -0.15) is 0 Å². The summed E-state index contributed by atoms with van der Waals surface area (Å²) in [6.45, 7) is 6.65. The summed E-state index contributed by atoms with van der Waals surface area (Å²) in [6.07, 6.45) is 6.28. The van der Waals surface area contributed by atoms with Gasteiger partial charge in [0.25, 0.3) is 5.91 Å². The highest BCUT2D eigenvalue weighted by molar-refractivity contribution is 8.04. The molecule has 4 nitrogen and oxygen atoms in total. The van der Waals surface area contributed by atoms with Crippen LogP contribution in [0.15, 0.2) is 58.3 Å². The maximum Gasteiger partial charge on any atom is 0.265 e. The lowest BCUT2D eigenvalue weighted by molar-refractivity contribution is -0.123. The van der Waals surface area contributed by atoms with Gasteiger partial charge in [0.1, 0.15) is 6.54 Å². The summed E-state index contributed by atoms with van der Waals surface area (Å²) in [5.74, 6) is 0.858. The molecule has 5 heteroatoms. The number of nitrogens with one attached hydrogen (secondary N) is 1. The van der Waals surface area contributed by atoms with Crippen LogP contribution in [-0.2, 0) is 16.0 Å². The van der Waals surface area contributed by atoms with Crippen LogP contribution in [0.5, 0.6) is 0 Å². The van der Waals surface area contributed by atoms with Crippen LogP contribution in [0.1, 0.15) is 51.2 Å². The fraction of sp³-hybridized carbons (Fsp3) is 0.407. The lowest BCUT2D eigenvalue weighted by Gasteiger charge is -2.35. The monoisotopic (exact) mass is 448 g/mol. The molecule has 2 aromatic rings. The molecule has 0 aromatic heterocycles. The van der Waals surface area contributed by atoms with Crippen LogP contribution in [0.2, 0.25) is 0 Å². The van der Waals surface area contributed by atoms with Crippen molar-refractivity contribution in [2.75, 3.05) is 11.4 Å². The molecule has 2 aliphatic rings. The second-order valence-electron chi connectivity index (χ2n) is 9.01. The molecule has 168 valence electrons. The molecule has 1 N–H and O–H groups in total. The number of hydrogen-bond donors (Lipinski definition) is 1. The maximum absolute atomic E-state index is 13.4. The Bertz CT molecular complexity index is 1010. The Labute approximate surface area is 195 Å². The van der Waals surface area contributed by atoms with Crippen molar-refractivity contribution in [3.63, 3.8) is 0 Å². The van der Waals surface area contributed by atoms with Crippen LogP contribution < -0.4 is 10.2 Å². The Balaban J connectivity index is 1.55. The summed E-state index contributed by atoms with van der Waals surface area (Å²) in [4.78, 5) is 29.7. The molecule has 1 fully saturated rings. The van der Waals surface area contributed by atoms with Crippen molar-refractivity contribution in [3.8, 4) is 0 Å². The standard InChI is InChI=1S/C27H32N2O2S/c1-4-20-12-14-21(15-13-20)16-25-27(31)29(23-10-5-6-11-24(23)32-25)17-26(30)28-22-9-7-8-18(2)19(22)3/h5-6,10-16,18-19,22H,4,7-9,17H2,1-3H3,(H,28,30)/b25-16+/t18-,19-,22+/m0/s1. The molecule has 0 bridgehead atoms. The Morgan fingerprint density at radius 2 is 1.88 bits per heavy atom. The number of thioether (sulfide) groups is 1. The summed E-state index contributed by atoms with van der Waals surface area (Å²) < 4.78 is 0. The van der Waals surface area contributed by atoms with E-state index in [4.69, 9.17) is 0 Å². The quantitative estimate of drug-likeness (QED) is 0.600. The largest absolute Gasteiger partial charge is 0.352 e. The molecule has 1 heterocycles. The topological polar surface area (TPSA) is 49.4 Å². The lowest BCUT2D eigenvalue weighted by Crippen LogP contribution is -2.49. The third kappa shape index (κ3) is 4.93. The number of anilines is 1. The fourth-order valence-corrected chi connectivity index (χ4v) is 5.66. The Hall–Kier alpha value is -2.53. The van der Waals surface area contributed by atoms with E-state index in [1.54, 1.807) is 4.90 Å². The van der Waals surface area contributed by atoms with E-state index >= 15 is 0 Å². The number of para-hydroxylation sites is 1. The van der Waals surface area contributed by atoms with Gasteiger partial charge in [-0.1, -0.05) is 81.8 Å². The van der Waals surface area contributed by atoms with Crippen LogP contribution in [0, 0.1) is 11.8 Å². The van der Waals surface area contributed by atoms with E-state index in [1.807, 2.05) is 42.5 Å². The number of aryl methyl sites for hydroxylation is 1. The first kappa shape index (κ1) is 22.7. The van der Waals surface area contributed by atoms with E-state index in [9.17, 15) is 9.59 Å². The van der Waals surface area contributed by atoms with Gasteiger partial charge in [-0.05, 0) is 54.0 Å². The molecule has 2 aromatic carbocycles. The molecule has 32 heavy (non-hydrogen) atoms. The van der Waals surface area contributed by atoms with Crippen LogP contribution in [-0.4, -0.2) is 24.4 Å². The predicted molar refractivity (Wildman–Crippen MR) is 133 cm³/mol. The van der Waals surface area contributed by atoms with Crippen molar-refractivity contribution in [1.82, 2.24) is 5.32 Å². The molecule has 0 radical (unpaired) electrons. The zero-order chi connectivity index (χ0) is 22.7. The summed E-state index contributed by atoms with van der Waals surface area (Å²) in [6, 6.07) is 16.3. The van der Waals surface area contributed by atoms with Gasteiger partial charge in [-0.25, -0.2) is 0 Å². The molecule has 3 atom stereocenters. The van der Waals surface area contributed by atoms with Gasteiger partial charge in [0.2, 0.25) is 5.91 Å². The third-order valence-electron chi connectivity index (χ3n) is 6.87. The highest BCUT2D eigenvalue weighted by atomic mass is 32.2. The number of benzene rings is 2. The van der Waals surface area contributed by atoms with Gasteiger partial charge < -0.3 is 5.32 Å². The van der Waals surface area contributed by atoms with Crippen molar-refractivity contribution in [2.45, 2.75) is 57.4 Å². The van der Waals surface area contributed by atoms with Gasteiger partial charge in [0.05, 0.1) is 10.6 Å². The summed E-state index contributed by atoms with van der Waals surface area (Å²) in [7, 11) is 0. The van der Waals surface area contributed by atoms with Gasteiger partial charge in [-0.15, -0.1) is 0 Å². The highest BCUT2D eigenvalue weighted by Gasteiger charge is 2.32. The number of nitrogens with zero attached hydrogens (tertiary/aromatic N) is 1. The van der Waals surface area contributed by atoms with E-state index < -0.39 is 0 Å². The molecule has 0 spiro atoms. The number of rotatable bonds is 5. The Morgan fingerprint density at radius 1 is 1.12 bits per heavy atom. The normalized spacial score (nSPS) is 24.3. The smallest absolute Gasteiger partial charge is 0.265 e. The molecule has 0 unspecified atom stereocenters. The third-order valence-corrected chi connectivity index (χ3v) is 7.95. The van der Waals surface area contributed by atoms with Crippen molar-refractivity contribution < 1.29 is 9.59 Å². The number of fused-ring (bicyclic) bond motifs is 1. The second kappa shape index (κ2) is 9.95. The zero-order valence-corrected chi connectivity index (χ0v) is 20.0. The first-order valence-electron chi connectivity index (χ1n) is 11.6. The van der Waals surface area contributed by atoms with Gasteiger partial charge in [-0.3, -0.25) is 14.5 Å². The van der Waals surface area contributed by atoms with Crippen molar-refractivity contribution >= 4 is 35.3 Å². The first-order chi connectivity index (χ1) is 15.5. The minimum Gasteiger partial charge on any atom is -0.352 e. The van der Waals surface area contributed by atoms with Gasteiger partial charge in [0.15, 0.2) is 0 Å². The first-order valence-corrected chi connectivity index (χ1v) is 12.5. The summed E-state index contributed by atoms with van der Waals surface area (Å²) >= 11 is 1.48. The van der Waals surface area contributed by atoms with E-state index in [2.05, 4.69) is 38.2 Å². The summed E-state index contributed by atoms with van der Waals surface area (Å²) in [5.41, 5.74) is 3.07. The van der Waals surface area contributed by atoms with E-state index in [-0.39, 0.29) is 24.4 Å². The highest BCUT2D eigenvalue weighted by Crippen LogP contribution is 2.42. The lowest BCUT2D eigenvalue weighted by atomic mass is 9.78. The molecule has 2 amide bonds. The predicted octanol–water partition coefficient (Wildman–Crippen LogP) is 5.67. The second-order valence-corrected chi connectivity index (χ2v) is 10.1. The van der Waals surface area contributed by atoms with Crippen LogP contribution in [0.25, 0.3) is 6.08 Å². The minimum absolute atomic E-state index is 0.0418. The Kier molecular flexibility index (Phi) is 7.04. The average Bonchev–Trinajstić information content (AvgIpc) is 2.80. The molecule has 1 aliphatic carbocycles. The van der Waals surface area contributed by atoms with E-state index in [1.165, 1.54) is 23.7 Å². The molecular weight excluding hydrogens is 416 g/mol. The molecule has 0 saturated heterocycles. The van der Waals surface area contributed by atoms with E-state index in [0.717, 1.165) is 35.4 Å². The van der Waals surface area contributed by atoms with Gasteiger partial charge >= 0.3 is 0 Å². The minimum atomic E-state index is -0.117. The number of amides is 2. The number of carbonyl (C=O) groups is 2. The fourth-order valence-electron chi connectivity index (χ4n) is 4.60. The summed E-state index contributed by atoms with van der Waals surface area (Å²) in [5, 5.41) is 3.22. The molecule has 4 rings (SSSR count). The SMILES string of the molecule is CCc1ccc(/C=C2/Sc3ccccc3N(CC(=O)N[C@@H]3CCC[C@H](C)[C@@H]3C)C2=O)cc1. The van der Waals surface area contributed by atoms with E-state index in [0.29, 0.717) is 16.7 Å². The number of hydrogen-bond acceptors (Lipinski definition) is 3. The molecule has 1 saturated carbocycles. The van der Waals surface area contributed by atoms with Crippen molar-refractivity contribution in [2.24, 2.45) is 11.8 Å². The average molecular weight is 449 g/mol.